The van der Waals surface area contributed by atoms with E-state index in [2.05, 4.69) is 20.1 Å². The third kappa shape index (κ3) is 3.83. The number of hydrogen-bond acceptors (Lipinski definition) is 4. The third-order valence-electron chi connectivity index (χ3n) is 5.22. The first-order valence-corrected chi connectivity index (χ1v) is 9.74. The van der Waals surface area contributed by atoms with Gasteiger partial charge in [-0.05, 0) is 31.0 Å². The molecule has 2 aromatic rings. The fourth-order valence-corrected chi connectivity index (χ4v) is 3.95. The van der Waals surface area contributed by atoms with E-state index in [0.717, 1.165) is 43.1 Å². The van der Waals surface area contributed by atoms with Gasteiger partial charge in [0.1, 0.15) is 5.82 Å². The molecule has 0 radical (unpaired) electrons. The van der Waals surface area contributed by atoms with Crippen molar-refractivity contribution in [1.29, 1.82) is 0 Å². The molecule has 3 heterocycles. The molecule has 4 rings (SSSR count). The van der Waals surface area contributed by atoms with Gasteiger partial charge in [-0.15, -0.1) is 10.2 Å². The van der Waals surface area contributed by atoms with Crippen LogP contribution in [-0.4, -0.2) is 33.1 Å². The molecule has 1 fully saturated rings. The SMILES string of the molecule is O=C(NCc1nnc2n1CCCCC2)C1CC(=O)N(c2cccc(Cl)c2)C1. The van der Waals surface area contributed by atoms with E-state index >= 15 is 0 Å². The predicted molar refractivity (Wildman–Crippen MR) is 101 cm³/mol. The van der Waals surface area contributed by atoms with Gasteiger partial charge in [0.15, 0.2) is 5.82 Å². The van der Waals surface area contributed by atoms with Crippen LogP contribution in [0, 0.1) is 5.92 Å². The van der Waals surface area contributed by atoms with Gasteiger partial charge in [0.05, 0.1) is 12.5 Å². The number of rotatable bonds is 4. The summed E-state index contributed by atoms with van der Waals surface area (Å²) in [5.41, 5.74) is 0.727. The number of hydrogen-bond donors (Lipinski definition) is 1. The average molecular weight is 388 g/mol. The van der Waals surface area contributed by atoms with Crippen LogP contribution < -0.4 is 10.2 Å². The van der Waals surface area contributed by atoms with Crippen molar-refractivity contribution in [3.8, 4) is 0 Å². The van der Waals surface area contributed by atoms with Gasteiger partial charge in [0, 0.05) is 36.6 Å². The Morgan fingerprint density at radius 1 is 1.26 bits per heavy atom. The van der Waals surface area contributed by atoms with Crippen LogP contribution in [-0.2, 0) is 29.1 Å². The number of nitrogens with zero attached hydrogens (tertiary/aromatic N) is 4. The Morgan fingerprint density at radius 2 is 2.15 bits per heavy atom. The summed E-state index contributed by atoms with van der Waals surface area (Å²) in [4.78, 5) is 26.6. The Balaban J connectivity index is 1.38. The first-order chi connectivity index (χ1) is 13.1. The van der Waals surface area contributed by atoms with E-state index in [0.29, 0.717) is 18.1 Å². The van der Waals surface area contributed by atoms with Gasteiger partial charge in [-0.25, -0.2) is 0 Å². The number of aromatic nitrogens is 3. The van der Waals surface area contributed by atoms with E-state index in [9.17, 15) is 9.59 Å². The lowest BCUT2D eigenvalue weighted by Gasteiger charge is -2.17. The van der Waals surface area contributed by atoms with Crippen molar-refractivity contribution in [2.75, 3.05) is 11.4 Å². The molecule has 0 saturated carbocycles. The number of anilines is 1. The van der Waals surface area contributed by atoms with Crippen molar-refractivity contribution in [2.45, 2.75) is 45.2 Å². The molecule has 1 saturated heterocycles. The molecular weight excluding hydrogens is 366 g/mol. The number of aryl methyl sites for hydroxylation is 1. The van der Waals surface area contributed by atoms with Gasteiger partial charge in [0.2, 0.25) is 11.8 Å². The first-order valence-electron chi connectivity index (χ1n) is 9.36. The number of halogens is 1. The molecule has 2 amide bonds. The van der Waals surface area contributed by atoms with Gasteiger partial charge in [-0.1, -0.05) is 24.1 Å². The Hall–Kier alpha value is -2.41. The van der Waals surface area contributed by atoms with E-state index in [-0.39, 0.29) is 24.2 Å². The smallest absolute Gasteiger partial charge is 0.227 e. The summed E-state index contributed by atoms with van der Waals surface area (Å²) in [5, 5.41) is 12.0. The molecule has 1 aromatic heterocycles. The van der Waals surface area contributed by atoms with Crippen molar-refractivity contribution >= 4 is 29.1 Å². The first kappa shape index (κ1) is 18.0. The Bertz CT molecular complexity index is 866. The van der Waals surface area contributed by atoms with Crippen LogP contribution >= 0.6 is 11.6 Å². The second-order valence-corrected chi connectivity index (χ2v) is 7.53. The summed E-state index contributed by atoms with van der Waals surface area (Å²) in [6.07, 6.45) is 4.58. The minimum atomic E-state index is -0.372. The summed E-state index contributed by atoms with van der Waals surface area (Å²) < 4.78 is 2.12. The van der Waals surface area contributed by atoms with Gasteiger partial charge < -0.3 is 14.8 Å². The Labute approximate surface area is 162 Å². The molecular formula is C19H22ClN5O2. The molecule has 27 heavy (non-hydrogen) atoms. The molecule has 0 aliphatic carbocycles. The van der Waals surface area contributed by atoms with Crippen molar-refractivity contribution in [2.24, 2.45) is 5.92 Å². The van der Waals surface area contributed by atoms with Crippen LogP contribution in [0.15, 0.2) is 24.3 Å². The van der Waals surface area contributed by atoms with Crippen molar-refractivity contribution in [3.05, 3.63) is 40.9 Å². The highest BCUT2D eigenvalue weighted by Crippen LogP contribution is 2.27. The molecule has 1 N–H and O–H groups in total. The van der Waals surface area contributed by atoms with Gasteiger partial charge in [0.25, 0.3) is 0 Å². The summed E-state index contributed by atoms with van der Waals surface area (Å²) in [5.74, 6) is 1.23. The second-order valence-electron chi connectivity index (χ2n) is 7.10. The number of fused-ring (bicyclic) bond motifs is 1. The highest BCUT2D eigenvalue weighted by molar-refractivity contribution is 6.30. The molecule has 7 nitrogen and oxygen atoms in total. The topological polar surface area (TPSA) is 80.1 Å². The van der Waals surface area contributed by atoms with E-state index in [1.165, 1.54) is 6.42 Å². The van der Waals surface area contributed by atoms with Crippen molar-refractivity contribution in [1.82, 2.24) is 20.1 Å². The average Bonchev–Trinajstić information content (AvgIpc) is 3.15. The fraction of sp³-hybridized carbons (Fsp3) is 0.474. The second kappa shape index (κ2) is 7.68. The minimum Gasteiger partial charge on any atom is -0.348 e. The van der Waals surface area contributed by atoms with Crippen LogP contribution in [0.25, 0.3) is 0 Å². The zero-order chi connectivity index (χ0) is 18.8. The molecule has 2 aliphatic heterocycles. The molecule has 142 valence electrons. The largest absolute Gasteiger partial charge is 0.348 e. The maximum atomic E-state index is 12.6. The zero-order valence-corrected chi connectivity index (χ0v) is 15.8. The van der Waals surface area contributed by atoms with Crippen LogP contribution in [0.2, 0.25) is 5.02 Å². The lowest BCUT2D eigenvalue weighted by atomic mass is 10.1. The normalized spacial score (nSPS) is 19.7. The van der Waals surface area contributed by atoms with Crippen LogP contribution in [0.3, 0.4) is 0 Å². The maximum absolute atomic E-state index is 12.6. The molecule has 1 unspecified atom stereocenters. The highest BCUT2D eigenvalue weighted by atomic mass is 35.5. The van der Waals surface area contributed by atoms with Gasteiger partial charge in [-0.2, -0.15) is 0 Å². The van der Waals surface area contributed by atoms with Crippen LogP contribution in [0.4, 0.5) is 5.69 Å². The third-order valence-corrected chi connectivity index (χ3v) is 5.46. The number of benzene rings is 1. The molecule has 8 heteroatoms. The van der Waals surface area contributed by atoms with E-state index < -0.39 is 0 Å². The molecule has 0 bridgehead atoms. The number of carbonyl (C=O) groups is 2. The molecule has 1 aromatic carbocycles. The lowest BCUT2D eigenvalue weighted by Crippen LogP contribution is -2.33. The summed E-state index contributed by atoms with van der Waals surface area (Å²) >= 11 is 6.01. The van der Waals surface area contributed by atoms with Crippen LogP contribution in [0.5, 0.6) is 0 Å². The zero-order valence-electron chi connectivity index (χ0n) is 15.0. The molecule has 0 spiro atoms. The highest BCUT2D eigenvalue weighted by Gasteiger charge is 2.35. The van der Waals surface area contributed by atoms with Crippen molar-refractivity contribution in [3.63, 3.8) is 0 Å². The maximum Gasteiger partial charge on any atom is 0.227 e. The standard InChI is InChI=1S/C19H22ClN5O2/c20-14-5-4-6-15(10-14)25-12-13(9-18(25)26)19(27)21-11-17-23-22-16-7-2-1-3-8-24(16)17/h4-6,10,13H,1-3,7-9,11-12H2,(H,21,27). The summed E-state index contributed by atoms with van der Waals surface area (Å²) in [6, 6.07) is 7.13. The van der Waals surface area contributed by atoms with E-state index in [1.54, 1.807) is 23.1 Å². The van der Waals surface area contributed by atoms with Crippen molar-refractivity contribution < 1.29 is 9.59 Å². The van der Waals surface area contributed by atoms with Gasteiger partial charge >= 0.3 is 0 Å². The molecule has 2 aliphatic rings. The lowest BCUT2D eigenvalue weighted by molar-refractivity contribution is -0.126. The Kier molecular flexibility index (Phi) is 5.11. The predicted octanol–water partition coefficient (Wildman–Crippen LogP) is 2.33. The number of nitrogens with one attached hydrogen (secondary N) is 1. The quantitative estimate of drug-likeness (QED) is 0.873. The summed E-state index contributed by atoms with van der Waals surface area (Å²) in [6.45, 7) is 1.61. The van der Waals surface area contributed by atoms with E-state index in [1.807, 2.05) is 6.07 Å². The number of carbonyl (C=O) groups excluding carboxylic acids is 2. The monoisotopic (exact) mass is 387 g/mol. The van der Waals surface area contributed by atoms with Crippen LogP contribution in [0.1, 0.15) is 37.3 Å². The minimum absolute atomic E-state index is 0.0613. The van der Waals surface area contributed by atoms with Gasteiger partial charge in [-0.3, -0.25) is 9.59 Å². The van der Waals surface area contributed by atoms with E-state index in [4.69, 9.17) is 11.6 Å². The Morgan fingerprint density at radius 3 is 3.00 bits per heavy atom. The summed E-state index contributed by atoms with van der Waals surface area (Å²) in [7, 11) is 0. The number of amides is 2. The fourth-order valence-electron chi connectivity index (χ4n) is 3.76. The molecule has 1 atom stereocenters.